The number of nitrogens with zero attached hydrogens (tertiary/aromatic N) is 1. The smallest absolute Gasteiger partial charge is 0.0587 e. The van der Waals surface area contributed by atoms with Crippen molar-refractivity contribution in [3.63, 3.8) is 0 Å². The molecule has 1 N–H and O–H groups in total. The minimum Gasteiger partial charge on any atom is -0.383 e. The van der Waals surface area contributed by atoms with E-state index in [1.807, 2.05) is 0 Å². The lowest BCUT2D eigenvalue weighted by molar-refractivity contribution is 0.192. The molecule has 0 radical (unpaired) electrons. The summed E-state index contributed by atoms with van der Waals surface area (Å²) >= 11 is 0. The molecule has 3 nitrogen and oxygen atoms in total. The van der Waals surface area contributed by atoms with Gasteiger partial charge >= 0.3 is 0 Å². The average molecular weight is 202 g/mol. The molecule has 1 unspecified atom stereocenters. The number of likely N-dealkylation sites (N-methyl/N-ethyl adjacent to an activating group) is 1. The summed E-state index contributed by atoms with van der Waals surface area (Å²) in [6.07, 6.45) is 2.56. The molecule has 1 atom stereocenters. The highest BCUT2D eigenvalue weighted by molar-refractivity contribution is 4.65. The van der Waals surface area contributed by atoms with Crippen molar-refractivity contribution in [1.82, 2.24) is 10.2 Å². The average Bonchev–Trinajstić information content (AvgIpc) is 2.20. The van der Waals surface area contributed by atoms with Gasteiger partial charge in [0, 0.05) is 26.2 Å². The second-order valence-corrected chi connectivity index (χ2v) is 3.88. The predicted octanol–water partition coefficient (Wildman–Crippen LogP) is 1.34. The molecule has 0 aliphatic carbocycles. The first kappa shape index (κ1) is 13.9. The maximum atomic E-state index is 4.97. The second kappa shape index (κ2) is 9.44. The van der Waals surface area contributed by atoms with E-state index in [1.54, 1.807) is 7.11 Å². The summed E-state index contributed by atoms with van der Waals surface area (Å²) in [7, 11) is 3.93. The Labute approximate surface area is 88.8 Å². The number of ether oxygens (including phenoxy) is 1. The standard InChI is InChI=1S/C11H26N2O/c1-5-6-8-13(3)11(2)10-12-7-9-14-4/h11-12H,5-10H2,1-4H3. The van der Waals surface area contributed by atoms with E-state index in [2.05, 4.69) is 31.1 Å². The van der Waals surface area contributed by atoms with Crippen LogP contribution in [-0.4, -0.2) is 51.3 Å². The lowest BCUT2D eigenvalue weighted by Crippen LogP contribution is -2.39. The predicted molar refractivity (Wildman–Crippen MR) is 61.7 cm³/mol. The fourth-order valence-corrected chi connectivity index (χ4v) is 1.27. The largest absolute Gasteiger partial charge is 0.383 e. The van der Waals surface area contributed by atoms with Crippen molar-refractivity contribution >= 4 is 0 Å². The number of hydrogen-bond donors (Lipinski definition) is 1. The molecule has 0 saturated heterocycles. The summed E-state index contributed by atoms with van der Waals surface area (Å²) in [4.78, 5) is 2.41. The van der Waals surface area contributed by atoms with Crippen molar-refractivity contribution in [2.75, 3.05) is 40.4 Å². The molecule has 0 saturated carbocycles. The van der Waals surface area contributed by atoms with E-state index in [1.165, 1.54) is 19.4 Å². The summed E-state index contributed by atoms with van der Waals surface area (Å²) < 4.78 is 4.97. The first-order valence-electron chi connectivity index (χ1n) is 5.62. The van der Waals surface area contributed by atoms with Crippen LogP contribution in [0, 0.1) is 0 Å². The van der Waals surface area contributed by atoms with Crippen molar-refractivity contribution in [2.24, 2.45) is 0 Å². The zero-order valence-electron chi connectivity index (χ0n) is 10.2. The van der Waals surface area contributed by atoms with Crippen LogP contribution in [0.5, 0.6) is 0 Å². The van der Waals surface area contributed by atoms with Crippen LogP contribution in [0.4, 0.5) is 0 Å². The van der Waals surface area contributed by atoms with Crippen molar-refractivity contribution in [3.05, 3.63) is 0 Å². The maximum absolute atomic E-state index is 4.97. The van der Waals surface area contributed by atoms with Gasteiger partial charge in [0.1, 0.15) is 0 Å². The monoisotopic (exact) mass is 202 g/mol. The Morgan fingerprint density at radius 1 is 1.43 bits per heavy atom. The van der Waals surface area contributed by atoms with Crippen LogP contribution in [0.3, 0.4) is 0 Å². The molecule has 0 rings (SSSR count). The number of methoxy groups -OCH3 is 1. The van der Waals surface area contributed by atoms with Gasteiger partial charge in [-0.25, -0.2) is 0 Å². The highest BCUT2D eigenvalue weighted by atomic mass is 16.5. The van der Waals surface area contributed by atoms with Crippen LogP contribution in [-0.2, 0) is 4.74 Å². The third kappa shape index (κ3) is 7.30. The minimum absolute atomic E-state index is 0.610. The van der Waals surface area contributed by atoms with Gasteiger partial charge in [-0.3, -0.25) is 0 Å². The van der Waals surface area contributed by atoms with Gasteiger partial charge in [-0.05, 0) is 26.9 Å². The van der Waals surface area contributed by atoms with Crippen molar-refractivity contribution in [2.45, 2.75) is 32.7 Å². The minimum atomic E-state index is 0.610. The van der Waals surface area contributed by atoms with Gasteiger partial charge in [-0.15, -0.1) is 0 Å². The van der Waals surface area contributed by atoms with E-state index in [0.717, 1.165) is 19.7 Å². The van der Waals surface area contributed by atoms with Gasteiger partial charge in [-0.1, -0.05) is 13.3 Å². The lowest BCUT2D eigenvalue weighted by atomic mass is 10.2. The molecule has 0 spiro atoms. The van der Waals surface area contributed by atoms with Crippen LogP contribution in [0.1, 0.15) is 26.7 Å². The topological polar surface area (TPSA) is 24.5 Å². The molecule has 0 heterocycles. The number of nitrogens with one attached hydrogen (secondary N) is 1. The van der Waals surface area contributed by atoms with Crippen molar-refractivity contribution < 1.29 is 4.74 Å². The van der Waals surface area contributed by atoms with E-state index in [9.17, 15) is 0 Å². The van der Waals surface area contributed by atoms with Gasteiger partial charge < -0.3 is 15.0 Å². The number of hydrogen-bond acceptors (Lipinski definition) is 3. The molecule has 0 aliphatic rings. The van der Waals surface area contributed by atoms with Crippen LogP contribution >= 0.6 is 0 Å². The lowest BCUT2D eigenvalue weighted by Gasteiger charge is -2.24. The molecule has 0 aromatic rings. The van der Waals surface area contributed by atoms with Crippen molar-refractivity contribution in [3.8, 4) is 0 Å². The molecular formula is C11H26N2O. The fraction of sp³-hybridized carbons (Fsp3) is 1.00. The zero-order chi connectivity index (χ0) is 10.8. The number of unbranched alkanes of at least 4 members (excludes halogenated alkanes) is 1. The molecule has 0 bridgehead atoms. The fourth-order valence-electron chi connectivity index (χ4n) is 1.27. The summed E-state index contributed by atoms with van der Waals surface area (Å²) in [6, 6.07) is 0.610. The molecule has 0 aromatic carbocycles. The summed E-state index contributed by atoms with van der Waals surface area (Å²) in [6.45, 7) is 8.48. The van der Waals surface area contributed by atoms with Gasteiger partial charge in [-0.2, -0.15) is 0 Å². The molecule has 3 heteroatoms. The van der Waals surface area contributed by atoms with Gasteiger partial charge in [0.2, 0.25) is 0 Å². The van der Waals surface area contributed by atoms with E-state index in [0.29, 0.717) is 6.04 Å². The Bertz CT molecular complexity index is 120. The van der Waals surface area contributed by atoms with Crippen molar-refractivity contribution in [1.29, 1.82) is 0 Å². The second-order valence-electron chi connectivity index (χ2n) is 3.88. The zero-order valence-corrected chi connectivity index (χ0v) is 10.2. The third-order valence-corrected chi connectivity index (χ3v) is 2.54. The van der Waals surface area contributed by atoms with E-state index in [-0.39, 0.29) is 0 Å². The van der Waals surface area contributed by atoms with E-state index >= 15 is 0 Å². The van der Waals surface area contributed by atoms with E-state index < -0.39 is 0 Å². The Morgan fingerprint density at radius 3 is 2.71 bits per heavy atom. The maximum Gasteiger partial charge on any atom is 0.0587 e. The van der Waals surface area contributed by atoms with Gasteiger partial charge in [0.15, 0.2) is 0 Å². The molecule has 0 aliphatic heterocycles. The molecule has 0 fully saturated rings. The van der Waals surface area contributed by atoms with Gasteiger partial charge in [0.25, 0.3) is 0 Å². The molecule has 14 heavy (non-hydrogen) atoms. The molecule has 0 aromatic heterocycles. The van der Waals surface area contributed by atoms with Crippen LogP contribution in [0.15, 0.2) is 0 Å². The van der Waals surface area contributed by atoms with Crippen LogP contribution in [0.2, 0.25) is 0 Å². The quantitative estimate of drug-likeness (QED) is 0.571. The van der Waals surface area contributed by atoms with E-state index in [4.69, 9.17) is 4.74 Å². The molecule has 0 amide bonds. The van der Waals surface area contributed by atoms with Crippen LogP contribution < -0.4 is 5.32 Å². The first-order valence-corrected chi connectivity index (χ1v) is 5.62. The summed E-state index contributed by atoms with van der Waals surface area (Å²) in [5.41, 5.74) is 0. The Kier molecular flexibility index (Phi) is 9.35. The first-order chi connectivity index (χ1) is 6.72. The normalized spacial score (nSPS) is 13.5. The third-order valence-electron chi connectivity index (χ3n) is 2.54. The number of rotatable bonds is 9. The Hall–Kier alpha value is -0.120. The Morgan fingerprint density at radius 2 is 2.14 bits per heavy atom. The SMILES string of the molecule is CCCCN(C)C(C)CNCCOC. The summed E-state index contributed by atoms with van der Waals surface area (Å²) in [5.74, 6) is 0. The van der Waals surface area contributed by atoms with Crippen LogP contribution in [0.25, 0.3) is 0 Å². The Balaban J connectivity index is 3.36. The highest BCUT2D eigenvalue weighted by Gasteiger charge is 2.06. The van der Waals surface area contributed by atoms with Gasteiger partial charge in [0.05, 0.1) is 6.61 Å². The molecule has 86 valence electrons. The molecular weight excluding hydrogens is 176 g/mol. The highest BCUT2D eigenvalue weighted by Crippen LogP contribution is 1.97. The summed E-state index contributed by atoms with van der Waals surface area (Å²) in [5, 5.41) is 3.38.